The molecule has 1 unspecified atom stereocenters. The van der Waals surface area contributed by atoms with Crippen molar-refractivity contribution >= 4 is 39.7 Å². The zero-order valence-corrected chi connectivity index (χ0v) is 12.9. The molecule has 2 aromatic rings. The number of benzene rings is 1. The van der Waals surface area contributed by atoms with Crippen molar-refractivity contribution in [3.8, 4) is 5.88 Å². The molecule has 0 aliphatic carbocycles. The van der Waals surface area contributed by atoms with Gasteiger partial charge in [-0.2, -0.15) is 4.37 Å². The number of aromatic hydroxyl groups is 1. The normalized spacial score (nSPS) is 12.0. The van der Waals surface area contributed by atoms with Gasteiger partial charge in [0, 0.05) is 17.3 Å². The van der Waals surface area contributed by atoms with Gasteiger partial charge in [-0.15, -0.1) is 0 Å². The van der Waals surface area contributed by atoms with E-state index < -0.39 is 12.7 Å². The molecule has 7 nitrogen and oxygen atoms in total. The van der Waals surface area contributed by atoms with Gasteiger partial charge in [0.15, 0.2) is 0 Å². The Kier molecular flexibility index (Phi) is 5.56. The first-order chi connectivity index (χ1) is 10.5. The zero-order chi connectivity index (χ0) is 16.1. The van der Waals surface area contributed by atoms with Gasteiger partial charge in [0.25, 0.3) is 0 Å². The van der Waals surface area contributed by atoms with Gasteiger partial charge in [0.1, 0.15) is 16.4 Å². The van der Waals surface area contributed by atoms with E-state index in [-0.39, 0.29) is 23.8 Å². The molecule has 1 atom stereocenters. The van der Waals surface area contributed by atoms with E-state index in [1.807, 2.05) is 0 Å². The highest BCUT2D eigenvalue weighted by atomic mass is 35.5. The van der Waals surface area contributed by atoms with E-state index in [4.69, 9.17) is 22.1 Å². The van der Waals surface area contributed by atoms with Crippen molar-refractivity contribution in [3.63, 3.8) is 0 Å². The highest BCUT2D eigenvalue weighted by Crippen LogP contribution is 2.32. The third-order valence-electron chi connectivity index (χ3n) is 2.73. The summed E-state index contributed by atoms with van der Waals surface area (Å²) >= 11 is 6.91. The van der Waals surface area contributed by atoms with Crippen LogP contribution in [0.15, 0.2) is 24.3 Å². The molecule has 0 saturated heterocycles. The molecule has 0 fully saturated rings. The van der Waals surface area contributed by atoms with E-state index >= 15 is 0 Å². The number of amidine groups is 1. The summed E-state index contributed by atoms with van der Waals surface area (Å²) in [6, 6.07) is 7.00. The predicted molar refractivity (Wildman–Crippen MR) is 86.4 cm³/mol. The van der Waals surface area contributed by atoms with Crippen LogP contribution >= 0.6 is 23.1 Å². The van der Waals surface area contributed by atoms with Gasteiger partial charge in [-0.3, -0.25) is 5.41 Å². The van der Waals surface area contributed by atoms with Gasteiger partial charge in [0.2, 0.25) is 5.88 Å². The van der Waals surface area contributed by atoms with Crippen molar-refractivity contribution in [3.05, 3.63) is 34.9 Å². The van der Waals surface area contributed by atoms with Gasteiger partial charge >= 0.3 is 0 Å². The highest BCUT2D eigenvalue weighted by molar-refractivity contribution is 7.11. The summed E-state index contributed by atoms with van der Waals surface area (Å²) in [5, 5.41) is 42.5. The standard InChI is InChI=1S/C13H15ClN4O3S/c14-7-2-1-3-8(4-7)17-13-10(12(21)18-22-13)11(15)16-5-9(20)6-19/h1-4,9,17,19-20H,5-6H2,(H2,15,16)(H,18,21). The number of nitrogens with one attached hydrogen (secondary N) is 3. The number of hydrogen-bond acceptors (Lipinski definition) is 7. The topological polar surface area (TPSA) is 121 Å². The quantitative estimate of drug-likeness (QED) is 0.349. The van der Waals surface area contributed by atoms with Gasteiger partial charge < -0.3 is 26.0 Å². The number of aliphatic hydroxyl groups excluding tert-OH is 2. The number of rotatable bonds is 6. The lowest BCUT2D eigenvalue weighted by Crippen LogP contribution is -2.34. The maximum atomic E-state index is 9.80. The number of hydrogen-bond donors (Lipinski definition) is 6. The summed E-state index contributed by atoms with van der Waals surface area (Å²) in [6.07, 6.45) is -0.988. The molecule has 118 valence electrons. The van der Waals surface area contributed by atoms with Crippen LogP contribution in [0.2, 0.25) is 5.02 Å². The van der Waals surface area contributed by atoms with Gasteiger partial charge in [-0.1, -0.05) is 17.7 Å². The molecule has 0 saturated carbocycles. The van der Waals surface area contributed by atoms with Crippen LogP contribution in [0.1, 0.15) is 5.56 Å². The second kappa shape index (κ2) is 7.41. The Balaban J connectivity index is 2.15. The summed E-state index contributed by atoms with van der Waals surface area (Å²) < 4.78 is 3.81. The van der Waals surface area contributed by atoms with Crippen LogP contribution in [0.4, 0.5) is 10.7 Å². The molecule has 0 bridgehead atoms. The molecular formula is C13H15ClN4O3S. The zero-order valence-electron chi connectivity index (χ0n) is 11.4. The number of aliphatic hydroxyl groups is 2. The van der Waals surface area contributed by atoms with Crippen LogP contribution in [0.25, 0.3) is 0 Å². The first-order valence-corrected chi connectivity index (χ1v) is 7.49. The molecule has 9 heteroatoms. The first kappa shape index (κ1) is 16.5. The second-order valence-electron chi connectivity index (χ2n) is 4.44. The van der Waals surface area contributed by atoms with Crippen LogP contribution in [-0.4, -0.2) is 44.8 Å². The van der Waals surface area contributed by atoms with Gasteiger partial charge in [0.05, 0.1) is 12.7 Å². The number of halogens is 1. The molecule has 6 N–H and O–H groups in total. The molecule has 2 rings (SSSR count). The third kappa shape index (κ3) is 4.08. The molecule has 1 heterocycles. The summed E-state index contributed by atoms with van der Waals surface area (Å²) in [6.45, 7) is -0.428. The Morgan fingerprint density at radius 2 is 2.23 bits per heavy atom. The molecule has 0 spiro atoms. The Morgan fingerprint density at radius 3 is 2.91 bits per heavy atom. The van der Waals surface area contributed by atoms with Crippen molar-refractivity contribution in [1.29, 1.82) is 5.41 Å². The largest absolute Gasteiger partial charge is 0.492 e. The minimum Gasteiger partial charge on any atom is -0.492 e. The van der Waals surface area contributed by atoms with E-state index in [9.17, 15) is 10.2 Å². The number of anilines is 2. The third-order valence-corrected chi connectivity index (χ3v) is 3.72. The van der Waals surface area contributed by atoms with Gasteiger partial charge in [-0.25, -0.2) is 0 Å². The maximum Gasteiger partial charge on any atom is 0.236 e. The average Bonchev–Trinajstić information content (AvgIpc) is 2.85. The van der Waals surface area contributed by atoms with Gasteiger partial charge in [-0.05, 0) is 29.7 Å². The molecule has 0 aliphatic heterocycles. The molecule has 1 aromatic heterocycles. The smallest absolute Gasteiger partial charge is 0.236 e. The van der Waals surface area contributed by atoms with Crippen molar-refractivity contribution in [2.45, 2.75) is 6.10 Å². The van der Waals surface area contributed by atoms with Crippen molar-refractivity contribution < 1.29 is 15.3 Å². The summed E-state index contributed by atoms with van der Waals surface area (Å²) in [7, 11) is 0. The fraction of sp³-hybridized carbons (Fsp3) is 0.231. The SMILES string of the molecule is N=C(NCC(O)CO)c1c(O)nsc1Nc1cccc(Cl)c1. The Morgan fingerprint density at radius 1 is 1.45 bits per heavy atom. The Bertz CT molecular complexity index is 664. The predicted octanol–water partition coefficient (Wildman–Crippen LogP) is 1.51. The van der Waals surface area contributed by atoms with Crippen LogP contribution in [0.3, 0.4) is 0 Å². The summed E-state index contributed by atoms with van der Waals surface area (Å²) in [4.78, 5) is 0. The van der Waals surface area contributed by atoms with Crippen LogP contribution in [0.5, 0.6) is 5.88 Å². The van der Waals surface area contributed by atoms with Crippen LogP contribution < -0.4 is 10.6 Å². The number of nitrogens with zero attached hydrogens (tertiary/aromatic N) is 1. The Hall–Kier alpha value is -1.87. The lowest BCUT2D eigenvalue weighted by molar-refractivity contribution is 0.0982. The summed E-state index contributed by atoms with van der Waals surface area (Å²) in [5.41, 5.74) is 0.885. The van der Waals surface area contributed by atoms with Crippen LogP contribution in [0, 0.1) is 5.41 Å². The maximum absolute atomic E-state index is 9.80. The fourth-order valence-electron chi connectivity index (χ4n) is 1.66. The average molecular weight is 343 g/mol. The van der Waals surface area contributed by atoms with E-state index in [1.54, 1.807) is 24.3 Å². The molecule has 0 amide bonds. The van der Waals surface area contributed by atoms with E-state index in [1.165, 1.54) is 0 Å². The second-order valence-corrected chi connectivity index (χ2v) is 5.65. The van der Waals surface area contributed by atoms with E-state index in [0.29, 0.717) is 15.7 Å². The van der Waals surface area contributed by atoms with E-state index in [0.717, 1.165) is 11.5 Å². The summed E-state index contributed by atoms with van der Waals surface area (Å²) in [5.74, 6) is -0.395. The molecule has 22 heavy (non-hydrogen) atoms. The minimum atomic E-state index is -0.988. The molecule has 1 aromatic carbocycles. The fourth-order valence-corrected chi connectivity index (χ4v) is 2.57. The lowest BCUT2D eigenvalue weighted by atomic mass is 10.2. The highest BCUT2D eigenvalue weighted by Gasteiger charge is 2.18. The minimum absolute atomic E-state index is 0.0127. The first-order valence-electron chi connectivity index (χ1n) is 6.34. The Labute approximate surface area is 135 Å². The molecular weight excluding hydrogens is 328 g/mol. The molecule has 0 radical (unpaired) electrons. The number of aromatic nitrogens is 1. The van der Waals surface area contributed by atoms with Crippen molar-refractivity contribution in [2.75, 3.05) is 18.5 Å². The van der Waals surface area contributed by atoms with E-state index in [2.05, 4.69) is 15.0 Å². The monoisotopic (exact) mass is 342 g/mol. The van der Waals surface area contributed by atoms with Crippen molar-refractivity contribution in [2.24, 2.45) is 0 Å². The molecule has 0 aliphatic rings. The van der Waals surface area contributed by atoms with Crippen molar-refractivity contribution in [1.82, 2.24) is 9.69 Å². The van der Waals surface area contributed by atoms with Crippen LogP contribution in [-0.2, 0) is 0 Å². The lowest BCUT2D eigenvalue weighted by Gasteiger charge is -2.12.